The van der Waals surface area contributed by atoms with Gasteiger partial charge >= 0.3 is 5.97 Å². The molecule has 1 aliphatic rings. The van der Waals surface area contributed by atoms with Crippen molar-refractivity contribution in [1.82, 2.24) is 4.90 Å². The summed E-state index contributed by atoms with van der Waals surface area (Å²) in [5.41, 5.74) is 0. The minimum atomic E-state index is -0.729. The minimum absolute atomic E-state index is 0.00240. The van der Waals surface area contributed by atoms with Crippen molar-refractivity contribution in [2.75, 3.05) is 26.8 Å². The number of carbonyl (C=O) groups is 2. The maximum absolute atomic E-state index is 12.2. The third-order valence-corrected chi connectivity index (χ3v) is 3.68. The van der Waals surface area contributed by atoms with Crippen LogP contribution >= 0.6 is 0 Å². The summed E-state index contributed by atoms with van der Waals surface area (Å²) in [6.45, 7) is 3.80. The molecule has 1 fully saturated rings. The van der Waals surface area contributed by atoms with E-state index < -0.39 is 5.97 Å². The molecule has 5 nitrogen and oxygen atoms in total. The number of carbonyl (C=O) groups excluding carboxylic acids is 1. The fourth-order valence-corrected chi connectivity index (χ4v) is 2.47. The Bertz CT molecular complexity index is 285. The molecule has 5 heteroatoms. The smallest absolute Gasteiger partial charge is 0.306 e. The van der Waals surface area contributed by atoms with Gasteiger partial charge in [-0.25, -0.2) is 0 Å². The molecule has 1 rings (SSSR count). The van der Waals surface area contributed by atoms with Crippen molar-refractivity contribution < 1.29 is 19.4 Å². The monoisotopic (exact) mass is 257 g/mol. The summed E-state index contributed by atoms with van der Waals surface area (Å²) in [4.78, 5) is 24.9. The number of likely N-dealkylation sites (N-methyl/N-ethyl adjacent to an activating group) is 1. The van der Waals surface area contributed by atoms with Gasteiger partial charge in [-0.2, -0.15) is 0 Å². The van der Waals surface area contributed by atoms with Gasteiger partial charge in [0.15, 0.2) is 0 Å². The predicted molar refractivity (Wildman–Crippen MR) is 67.2 cm³/mol. The molecular weight excluding hydrogens is 234 g/mol. The molecule has 0 unspecified atom stereocenters. The molecule has 0 heterocycles. The minimum Gasteiger partial charge on any atom is -0.481 e. The van der Waals surface area contributed by atoms with Crippen molar-refractivity contribution in [2.24, 2.45) is 11.8 Å². The highest BCUT2D eigenvalue weighted by Crippen LogP contribution is 2.30. The molecule has 104 valence electrons. The van der Waals surface area contributed by atoms with Crippen molar-refractivity contribution in [2.45, 2.75) is 32.6 Å². The SMILES string of the molecule is CCN(CCOC)C(=O)C1CCC(C(=O)O)CC1. The molecule has 1 aliphatic carbocycles. The van der Waals surface area contributed by atoms with E-state index in [1.54, 1.807) is 12.0 Å². The lowest BCUT2D eigenvalue weighted by Crippen LogP contribution is -2.40. The van der Waals surface area contributed by atoms with Crippen LogP contribution in [-0.2, 0) is 14.3 Å². The zero-order valence-corrected chi connectivity index (χ0v) is 11.2. The second-order valence-electron chi connectivity index (χ2n) is 4.80. The molecule has 18 heavy (non-hydrogen) atoms. The van der Waals surface area contributed by atoms with Gasteiger partial charge < -0.3 is 14.7 Å². The van der Waals surface area contributed by atoms with E-state index in [1.165, 1.54) is 0 Å². The average molecular weight is 257 g/mol. The highest BCUT2D eigenvalue weighted by atomic mass is 16.5. The Labute approximate surface area is 108 Å². The Morgan fingerprint density at radius 3 is 2.22 bits per heavy atom. The topological polar surface area (TPSA) is 66.8 Å². The van der Waals surface area contributed by atoms with Gasteiger partial charge in [0.1, 0.15) is 0 Å². The van der Waals surface area contributed by atoms with Crippen LogP contribution in [0.2, 0.25) is 0 Å². The molecule has 1 N–H and O–H groups in total. The average Bonchev–Trinajstić information content (AvgIpc) is 2.39. The first-order chi connectivity index (χ1) is 8.60. The molecule has 0 spiro atoms. The first-order valence-corrected chi connectivity index (χ1v) is 6.60. The largest absolute Gasteiger partial charge is 0.481 e. The normalized spacial score (nSPS) is 23.7. The number of nitrogens with zero attached hydrogens (tertiary/aromatic N) is 1. The molecule has 0 saturated heterocycles. The maximum Gasteiger partial charge on any atom is 0.306 e. The van der Waals surface area contributed by atoms with Crippen molar-refractivity contribution >= 4 is 11.9 Å². The zero-order valence-electron chi connectivity index (χ0n) is 11.2. The maximum atomic E-state index is 12.2. The second-order valence-corrected chi connectivity index (χ2v) is 4.80. The van der Waals surface area contributed by atoms with E-state index in [1.807, 2.05) is 6.92 Å². The van der Waals surface area contributed by atoms with Crippen LogP contribution in [0.3, 0.4) is 0 Å². The second kappa shape index (κ2) is 7.36. The third-order valence-electron chi connectivity index (χ3n) is 3.68. The van der Waals surface area contributed by atoms with E-state index in [0.29, 0.717) is 45.4 Å². The van der Waals surface area contributed by atoms with E-state index in [4.69, 9.17) is 9.84 Å². The molecular formula is C13H23NO4. The Kier molecular flexibility index (Phi) is 6.12. The van der Waals surface area contributed by atoms with E-state index in [-0.39, 0.29) is 17.7 Å². The summed E-state index contributed by atoms with van der Waals surface area (Å²) in [5, 5.41) is 8.92. The van der Waals surface area contributed by atoms with E-state index >= 15 is 0 Å². The van der Waals surface area contributed by atoms with Gasteiger partial charge in [-0.1, -0.05) is 0 Å². The predicted octanol–water partition coefficient (Wildman–Crippen LogP) is 1.37. The van der Waals surface area contributed by atoms with Gasteiger partial charge in [-0.15, -0.1) is 0 Å². The third kappa shape index (κ3) is 3.98. The lowest BCUT2D eigenvalue weighted by molar-refractivity contribution is -0.145. The van der Waals surface area contributed by atoms with Crippen molar-refractivity contribution in [1.29, 1.82) is 0 Å². The number of methoxy groups -OCH3 is 1. The van der Waals surface area contributed by atoms with E-state index in [9.17, 15) is 9.59 Å². The highest BCUT2D eigenvalue weighted by Gasteiger charge is 2.31. The van der Waals surface area contributed by atoms with Crippen LogP contribution in [0, 0.1) is 11.8 Å². The number of rotatable bonds is 6. The van der Waals surface area contributed by atoms with Gasteiger partial charge in [0.2, 0.25) is 5.91 Å². The Morgan fingerprint density at radius 2 is 1.78 bits per heavy atom. The molecule has 0 radical (unpaired) electrons. The molecule has 0 aliphatic heterocycles. The summed E-state index contributed by atoms with van der Waals surface area (Å²) >= 11 is 0. The van der Waals surface area contributed by atoms with Gasteiger partial charge in [-0.05, 0) is 32.6 Å². The van der Waals surface area contributed by atoms with Gasteiger partial charge in [0.05, 0.1) is 12.5 Å². The Hall–Kier alpha value is -1.10. The number of amides is 1. The Balaban J connectivity index is 2.45. The number of hydrogen-bond donors (Lipinski definition) is 1. The van der Waals surface area contributed by atoms with Crippen LogP contribution in [0.15, 0.2) is 0 Å². The lowest BCUT2D eigenvalue weighted by Gasteiger charge is -2.30. The van der Waals surface area contributed by atoms with Gasteiger partial charge in [-0.3, -0.25) is 9.59 Å². The first kappa shape index (κ1) is 15.0. The molecule has 0 aromatic heterocycles. The molecule has 0 atom stereocenters. The van der Waals surface area contributed by atoms with Crippen LogP contribution in [0.5, 0.6) is 0 Å². The molecule has 1 saturated carbocycles. The number of carboxylic acid groups (broad SMARTS) is 1. The van der Waals surface area contributed by atoms with Crippen molar-refractivity contribution in [3.63, 3.8) is 0 Å². The number of ether oxygens (including phenoxy) is 1. The number of aliphatic carboxylic acids is 1. The van der Waals surface area contributed by atoms with Crippen LogP contribution in [-0.4, -0.2) is 48.7 Å². The summed E-state index contributed by atoms with van der Waals surface area (Å²) in [5.74, 6) is -0.841. The Morgan fingerprint density at radius 1 is 1.22 bits per heavy atom. The first-order valence-electron chi connectivity index (χ1n) is 6.60. The number of carboxylic acids is 1. The van der Waals surface area contributed by atoms with E-state index in [2.05, 4.69) is 0 Å². The van der Waals surface area contributed by atoms with Gasteiger partial charge in [0, 0.05) is 26.1 Å². The summed E-state index contributed by atoms with van der Waals surface area (Å²) < 4.78 is 4.99. The highest BCUT2D eigenvalue weighted by molar-refractivity contribution is 5.79. The molecule has 1 amide bonds. The molecule has 0 bridgehead atoms. The van der Waals surface area contributed by atoms with Crippen LogP contribution in [0.4, 0.5) is 0 Å². The summed E-state index contributed by atoms with van der Waals surface area (Å²) in [6, 6.07) is 0. The van der Waals surface area contributed by atoms with Crippen molar-refractivity contribution in [3.05, 3.63) is 0 Å². The van der Waals surface area contributed by atoms with Crippen LogP contribution < -0.4 is 0 Å². The molecule has 0 aromatic carbocycles. The van der Waals surface area contributed by atoms with Crippen molar-refractivity contribution in [3.8, 4) is 0 Å². The molecule has 0 aromatic rings. The fraction of sp³-hybridized carbons (Fsp3) is 0.846. The number of hydrogen-bond acceptors (Lipinski definition) is 3. The zero-order chi connectivity index (χ0) is 13.5. The van der Waals surface area contributed by atoms with Crippen LogP contribution in [0.25, 0.3) is 0 Å². The standard InChI is InChI=1S/C13H23NO4/c1-3-14(8-9-18-2)12(15)10-4-6-11(7-5-10)13(16)17/h10-11H,3-9H2,1-2H3,(H,16,17). The summed E-state index contributed by atoms with van der Waals surface area (Å²) in [6.07, 6.45) is 2.62. The summed E-state index contributed by atoms with van der Waals surface area (Å²) in [7, 11) is 1.62. The quantitative estimate of drug-likeness (QED) is 0.780. The van der Waals surface area contributed by atoms with E-state index in [0.717, 1.165) is 0 Å². The van der Waals surface area contributed by atoms with Gasteiger partial charge in [0.25, 0.3) is 0 Å². The van der Waals surface area contributed by atoms with Crippen LogP contribution in [0.1, 0.15) is 32.6 Å². The lowest BCUT2D eigenvalue weighted by atomic mass is 9.81. The fourth-order valence-electron chi connectivity index (χ4n) is 2.47.